The number of hydrogen-bond donors (Lipinski definition) is 3. The van der Waals surface area contributed by atoms with Crippen LogP contribution in [-0.2, 0) is 0 Å². The molecule has 5 fully saturated rings. The van der Waals surface area contributed by atoms with Gasteiger partial charge in [0.15, 0.2) is 0 Å². The highest BCUT2D eigenvalue weighted by molar-refractivity contribution is 5.58. The third-order valence-electron chi connectivity index (χ3n) is 7.42. The van der Waals surface area contributed by atoms with Gasteiger partial charge in [-0.3, -0.25) is 10.1 Å². The Hall–Kier alpha value is -1.96. The lowest BCUT2D eigenvalue weighted by Crippen LogP contribution is -2.55. The van der Waals surface area contributed by atoms with Crippen LogP contribution in [0.4, 0.5) is 17.5 Å². The molecule has 6 rings (SSSR count). The molecule has 0 spiro atoms. The first-order chi connectivity index (χ1) is 13.5. The van der Waals surface area contributed by atoms with Crippen LogP contribution >= 0.6 is 0 Å². The summed E-state index contributed by atoms with van der Waals surface area (Å²) in [5.41, 5.74) is -0.0829. The molecular formula is C20H29N5O3. The summed E-state index contributed by atoms with van der Waals surface area (Å²) >= 11 is 0. The molecule has 1 aromatic heterocycles. The van der Waals surface area contributed by atoms with E-state index in [2.05, 4.69) is 20.6 Å². The minimum atomic E-state index is -0.385. The van der Waals surface area contributed by atoms with Crippen LogP contribution < -0.4 is 10.6 Å². The van der Waals surface area contributed by atoms with E-state index in [1.165, 1.54) is 25.5 Å². The molecule has 0 atom stereocenters. The van der Waals surface area contributed by atoms with Crippen molar-refractivity contribution in [3.8, 4) is 0 Å². The van der Waals surface area contributed by atoms with E-state index >= 15 is 0 Å². The van der Waals surface area contributed by atoms with Gasteiger partial charge in [-0.1, -0.05) is 0 Å². The summed E-state index contributed by atoms with van der Waals surface area (Å²) < 4.78 is 0. The summed E-state index contributed by atoms with van der Waals surface area (Å²) in [5, 5.41) is 28.1. The van der Waals surface area contributed by atoms with Crippen molar-refractivity contribution in [3.05, 3.63) is 16.3 Å². The second-order valence-corrected chi connectivity index (χ2v) is 9.66. The van der Waals surface area contributed by atoms with Crippen molar-refractivity contribution in [1.82, 2.24) is 9.97 Å². The molecule has 0 unspecified atom stereocenters. The van der Waals surface area contributed by atoms with Crippen molar-refractivity contribution in [2.75, 3.05) is 10.6 Å². The zero-order chi connectivity index (χ0) is 19.3. The van der Waals surface area contributed by atoms with Gasteiger partial charge in [0.1, 0.15) is 6.20 Å². The second kappa shape index (κ2) is 6.83. The molecular weight excluding hydrogens is 358 g/mol. The Morgan fingerprint density at radius 2 is 1.68 bits per heavy atom. The van der Waals surface area contributed by atoms with Gasteiger partial charge in [0.25, 0.3) is 0 Å². The van der Waals surface area contributed by atoms with Crippen LogP contribution in [0, 0.1) is 27.9 Å². The van der Waals surface area contributed by atoms with Gasteiger partial charge in [0.2, 0.25) is 11.8 Å². The average Bonchev–Trinajstić information content (AvgIpc) is 2.62. The van der Waals surface area contributed by atoms with Gasteiger partial charge in [-0.15, -0.1) is 0 Å². The number of nitro groups is 1. The number of aromatic nitrogens is 2. The Morgan fingerprint density at radius 3 is 2.25 bits per heavy atom. The molecule has 152 valence electrons. The molecule has 8 heteroatoms. The topological polar surface area (TPSA) is 113 Å². The molecule has 0 aromatic carbocycles. The average molecular weight is 387 g/mol. The van der Waals surface area contributed by atoms with Crippen LogP contribution in [0.3, 0.4) is 0 Å². The molecule has 1 aromatic rings. The van der Waals surface area contributed by atoms with Crippen LogP contribution in [0.25, 0.3) is 0 Å². The Morgan fingerprint density at radius 1 is 1.07 bits per heavy atom. The van der Waals surface area contributed by atoms with Crippen molar-refractivity contribution >= 4 is 17.5 Å². The molecule has 4 bridgehead atoms. The van der Waals surface area contributed by atoms with E-state index < -0.39 is 0 Å². The molecule has 0 amide bonds. The SMILES string of the molecule is O=[N+]([O-])c1cnc(NC2CCC(O)CC2)nc1NC12CC3CC(CC(C3)C1)C2. The highest BCUT2D eigenvalue weighted by atomic mass is 16.6. The van der Waals surface area contributed by atoms with E-state index in [9.17, 15) is 15.2 Å². The van der Waals surface area contributed by atoms with Crippen LogP contribution in [0.2, 0.25) is 0 Å². The third-order valence-corrected chi connectivity index (χ3v) is 7.42. The predicted octanol–water partition coefficient (Wildman–Crippen LogP) is 3.48. The minimum Gasteiger partial charge on any atom is -0.393 e. The molecule has 5 aliphatic carbocycles. The van der Waals surface area contributed by atoms with E-state index in [1.54, 1.807) is 0 Å². The highest BCUT2D eigenvalue weighted by Gasteiger charge is 2.51. The first-order valence-corrected chi connectivity index (χ1v) is 10.7. The normalized spacial score (nSPS) is 39.0. The lowest BCUT2D eigenvalue weighted by Gasteiger charge is -2.57. The maximum Gasteiger partial charge on any atom is 0.329 e. The van der Waals surface area contributed by atoms with Crippen molar-refractivity contribution in [3.63, 3.8) is 0 Å². The van der Waals surface area contributed by atoms with Gasteiger partial charge in [0.05, 0.1) is 11.0 Å². The molecule has 1 heterocycles. The van der Waals surface area contributed by atoms with Crippen LogP contribution in [-0.4, -0.2) is 37.7 Å². The van der Waals surface area contributed by atoms with Gasteiger partial charge in [-0.05, 0) is 82.0 Å². The number of hydrogen-bond acceptors (Lipinski definition) is 7. The van der Waals surface area contributed by atoms with Gasteiger partial charge >= 0.3 is 5.69 Å². The fraction of sp³-hybridized carbons (Fsp3) is 0.800. The van der Waals surface area contributed by atoms with Crippen LogP contribution in [0.15, 0.2) is 6.20 Å². The van der Waals surface area contributed by atoms with E-state index in [-0.39, 0.29) is 28.3 Å². The van der Waals surface area contributed by atoms with Crippen LogP contribution in [0.5, 0.6) is 0 Å². The third kappa shape index (κ3) is 3.43. The number of aliphatic hydroxyl groups excluding tert-OH is 1. The Labute approximate surface area is 164 Å². The van der Waals surface area contributed by atoms with E-state index in [1.807, 2.05) is 0 Å². The van der Waals surface area contributed by atoms with Gasteiger partial charge < -0.3 is 15.7 Å². The molecule has 8 nitrogen and oxygen atoms in total. The fourth-order valence-corrected chi connectivity index (χ4v) is 6.59. The molecule has 0 radical (unpaired) electrons. The van der Waals surface area contributed by atoms with E-state index in [0.29, 0.717) is 11.8 Å². The predicted molar refractivity (Wildman–Crippen MR) is 105 cm³/mol. The summed E-state index contributed by atoms with van der Waals surface area (Å²) in [6.45, 7) is 0. The summed E-state index contributed by atoms with van der Waals surface area (Å²) in [5.74, 6) is 3.07. The smallest absolute Gasteiger partial charge is 0.329 e. The monoisotopic (exact) mass is 387 g/mol. The lowest BCUT2D eigenvalue weighted by atomic mass is 9.53. The Kier molecular flexibility index (Phi) is 4.41. The van der Waals surface area contributed by atoms with Gasteiger partial charge in [0, 0.05) is 11.6 Å². The molecule has 0 aliphatic heterocycles. The maximum atomic E-state index is 11.6. The number of rotatable bonds is 5. The first kappa shape index (κ1) is 18.1. The van der Waals surface area contributed by atoms with Gasteiger partial charge in [-0.2, -0.15) is 4.98 Å². The van der Waals surface area contributed by atoms with E-state index in [0.717, 1.165) is 62.7 Å². The number of aliphatic hydroxyl groups is 1. The molecule has 5 saturated carbocycles. The number of nitrogens with zero attached hydrogens (tertiary/aromatic N) is 3. The molecule has 28 heavy (non-hydrogen) atoms. The van der Waals surface area contributed by atoms with Crippen molar-refractivity contribution in [1.29, 1.82) is 0 Å². The fourth-order valence-electron chi connectivity index (χ4n) is 6.59. The minimum absolute atomic E-state index is 0.0413. The number of nitrogens with one attached hydrogen (secondary N) is 2. The zero-order valence-electron chi connectivity index (χ0n) is 16.1. The lowest BCUT2D eigenvalue weighted by molar-refractivity contribution is -0.384. The molecule has 5 aliphatic rings. The quantitative estimate of drug-likeness (QED) is 0.523. The van der Waals surface area contributed by atoms with Crippen molar-refractivity contribution in [2.24, 2.45) is 17.8 Å². The summed E-state index contributed by atoms with van der Waals surface area (Å²) in [6.07, 6.45) is 11.6. The van der Waals surface area contributed by atoms with Gasteiger partial charge in [-0.25, -0.2) is 4.98 Å². The zero-order valence-corrected chi connectivity index (χ0v) is 16.1. The second-order valence-electron chi connectivity index (χ2n) is 9.66. The van der Waals surface area contributed by atoms with Crippen molar-refractivity contribution in [2.45, 2.75) is 81.9 Å². The summed E-state index contributed by atoms with van der Waals surface area (Å²) in [7, 11) is 0. The standard InChI is InChI=1S/C20H29N5O3/c26-16-3-1-15(2-4-16)22-19-21-11-17(25(27)28)18(23-19)24-20-8-12-5-13(9-20)7-14(6-12)10-20/h11-16,26H,1-10H2,(H2,21,22,23,24). The van der Waals surface area contributed by atoms with Crippen LogP contribution in [0.1, 0.15) is 64.2 Å². The molecule has 0 saturated heterocycles. The Bertz CT molecular complexity index is 727. The highest BCUT2D eigenvalue weighted by Crippen LogP contribution is 2.56. The van der Waals surface area contributed by atoms with E-state index in [4.69, 9.17) is 0 Å². The molecule has 3 N–H and O–H groups in total. The first-order valence-electron chi connectivity index (χ1n) is 10.7. The summed E-state index contributed by atoms with van der Waals surface area (Å²) in [6, 6.07) is 0.206. The maximum absolute atomic E-state index is 11.6. The Balaban J connectivity index is 1.37. The number of anilines is 2. The largest absolute Gasteiger partial charge is 0.393 e. The summed E-state index contributed by atoms with van der Waals surface area (Å²) in [4.78, 5) is 19.9. The van der Waals surface area contributed by atoms with Crippen molar-refractivity contribution < 1.29 is 10.0 Å².